The highest BCUT2D eigenvalue weighted by molar-refractivity contribution is 9.10. The van der Waals surface area contributed by atoms with Crippen molar-refractivity contribution in [2.45, 2.75) is 35.5 Å². The lowest BCUT2D eigenvalue weighted by atomic mass is 10.0. The summed E-state index contributed by atoms with van der Waals surface area (Å²) in [6.45, 7) is 3.40. The first kappa shape index (κ1) is 15.6. The third kappa shape index (κ3) is 4.02. The Bertz CT molecular complexity index is 443. The molecule has 1 rings (SSSR count). The molecule has 1 aromatic carbocycles. The summed E-state index contributed by atoms with van der Waals surface area (Å²) in [5.74, 6) is -0.198. The molecule has 0 saturated heterocycles. The maximum Gasteiger partial charge on any atom is 0.446 e. The van der Waals surface area contributed by atoms with Crippen molar-refractivity contribution < 1.29 is 18.0 Å². The summed E-state index contributed by atoms with van der Waals surface area (Å²) < 4.78 is 37.3. The summed E-state index contributed by atoms with van der Waals surface area (Å²) in [5, 5.41) is 0. The van der Waals surface area contributed by atoms with Crippen molar-refractivity contribution in [3.8, 4) is 0 Å². The summed E-state index contributed by atoms with van der Waals surface area (Å²) in [4.78, 5) is 11.6. The van der Waals surface area contributed by atoms with Crippen molar-refractivity contribution in [3.05, 3.63) is 29.3 Å². The van der Waals surface area contributed by atoms with Crippen LogP contribution in [0.25, 0.3) is 0 Å². The number of carbonyl (C=O) groups excluding carboxylic acids is 1. The van der Waals surface area contributed by atoms with Crippen LogP contribution in [-0.2, 0) is 6.42 Å². The molecule has 1 aromatic rings. The zero-order valence-electron chi connectivity index (χ0n) is 9.84. The van der Waals surface area contributed by atoms with E-state index in [0.29, 0.717) is 17.5 Å². The Morgan fingerprint density at radius 2 is 2.06 bits per heavy atom. The van der Waals surface area contributed by atoms with Crippen LogP contribution in [0.2, 0.25) is 0 Å². The third-order valence-corrected chi connectivity index (χ3v) is 3.59. The Kier molecular flexibility index (Phi) is 5.28. The summed E-state index contributed by atoms with van der Waals surface area (Å²) >= 11 is 2.97. The van der Waals surface area contributed by atoms with Gasteiger partial charge in [-0.05, 0) is 36.7 Å². The second-order valence-corrected chi connectivity index (χ2v) is 6.14. The molecule has 1 atom stereocenters. The first-order valence-corrected chi connectivity index (χ1v) is 7.05. The first-order valence-electron chi connectivity index (χ1n) is 5.32. The monoisotopic (exact) mass is 340 g/mol. The van der Waals surface area contributed by atoms with E-state index in [1.54, 1.807) is 19.9 Å². The number of Topliss-reactive ketones (excluding diaryl/α,β-unsaturated/α-hetero) is 1. The number of alkyl halides is 4. The molecular formula is C12H12BrF3OS. The van der Waals surface area contributed by atoms with E-state index in [2.05, 4.69) is 15.9 Å². The van der Waals surface area contributed by atoms with Crippen LogP contribution in [0.4, 0.5) is 13.2 Å². The largest absolute Gasteiger partial charge is 0.446 e. The van der Waals surface area contributed by atoms with Crippen LogP contribution in [0.15, 0.2) is 23.1 Å². The molecule has 0 bridgehead atoms. The molecule has 6 heteroatoms. The number of hydrogen-bond donors (Lipinski definition) is 0. The Balaban J connectivity index is 3.22. The SMILES string of the molecule is CCc1c(SC(F)(F)F)cccc1C(=O)C(C)Br. The zero-order valence-corrected chi connectivity index (χ0v) is 12.2. The topological polar surface area (TPSA) is 17.1 Å². The van der Waals surface area contributed by atoms with Gasteiger partial charge in [0.1, 0.15) is 0 Å². The minimum absolute atomic E-state index is 0.101. The van der Waals surface area contributed by atoms with Gasteiger partial charge in [-0.1, -0.05) is 35.0 Å². The minimum atomic E-state index is -4.34. The number of rotatable bonds is 4. The number of ketones is 1. The smallest absolute Gasteiger partial charge is 0.293 e. The maximum atomic E-state index is 12.4. The number of benzene rings is 1. The van der Waals surface area contributed by atoms with Crippen LogP contribution in [0.3, 0.4) is 0 Å². The van der Waals surface area contributed by atoms with E-state index in [0.717, 1.165) is 0 Å². The molecule has 18 heavy (non-hydrogen) atoms. The predicted octanol–water partition coefficient (Wildman–Crippen LogP) is 4.83. The molecule has 0 aliphatic heterocycles. The quantitative estimate of drug-likeness (QED) is 0.443. The maximum absolute atomic E-state index is 12.4. The third-order valence-electron chi connectivity index (χ3n) is 2.34. The Labute approximate surface area is 116 Å². The summed E-state index contributed by atoms with van der Waals surface area (Å²) in [6.07, 6.45) is 0.389. The van der Waals surface area contributed by atoms with Gasteiger partial charge in [0.05, 0.1) is 4.83 Å². The number of hydrogen-bond acceptors (Lipinski definition) is 2. The molecule has 0 spiro atoms. The fourth-order valence-corrected chi connectivity index (χ4v) is 2.62. The Morgan fingerprint density at radius 3 is 2.50 bits per heavy atom. The predicted molar refractivity (Wildman–Crippen MR) is 70.5 cm³/mol. The van der Waals surface area contributed by atoms with Gasteiger partial charge in [0.2, 0.25) is 0 Å². The van der Waals surface area contributed by atoms with Crippen LogP contribution in [0, 0.1) is 0 Å². The fraction of sp³-hybridized carbons (Fsp3) is 0.417. The van der Waals surface area contributed by atoms with Crippen LogP contribution in [0.5, 0.6) is 0 Å². The molecule has 0 fully saturated rings. The molecule has 0 N–H and O–H groups in total. The molecule has 1 unspecified atom stereocenters. The minimum Gasteiger partial charge on any atom is -0.293 e. The van der Waals surface area contributed by atoms with E-state index >= 15 is 0 Å². The molecule has 0 radical (unpaired) electrons. The zero-order chi connectivity index (χ0) is 13.9. The highest BCUT2D eigenvalue weighted by Crippen LogP contribution is 2.39. The second-order valence-electron chi connectivity index (χ2n) is 3.66. The van der Waals surface area contributed by atoms with Gasteiger partial charge < -0.3 is 0 Å². The van der Waals surface area contributed by atoms with E-state index < -0.39 is 10.3 Å². The lowest BCUT2D eigenvalue weighted by Gasteiger charge is -2.14. The van der Waals surface area contributed by atoms with Gasteiger partial charge in [-0.15, -0.1) is 0 Å². The molecule has 0 heterocycles. The molecule has 1 nitrogen and oxygen atoms in total. The molecule has 0 aromatic heterocycles. The second kappa shape index (κ2) is 6.10. The Morgan fingerprint density at radius 1 is 1.44 bits per heavy atom. The van der Waals surface area contributed by atoms with E-state index in [4.69, 9.17) is 0 Å². The molecule has 100 valence electrons. The van der Waals surface area contributed by atoms with E-state index in [9.17, 15) is 18.0 Å². The molecule has 0 aliphatic carbocycles. The van der Waals surface area contributed by atoms with Crippen LogP contribution >= 0.6 is 27.7 Å². The lowest BCUT2D eigenvalue weighted by Crippen LogP contribution is -2.13. The van der Waals surface area contributed by atoms with Crippen LogP contribution in [0.1, 0.15) is 29.8 Å². The lowest BCUT2D eigenvalue weighted by molar-refractivity contribution is -0.0328. The number of thioether (sulfide) groups is 1. The molecule has 0 amide bonds. The van der Waals surface area contributed by atoms with Crippen molar-refractivity contribution in [2.75, 3.05) is 0 Å². The average Bonchev–Trinajstić information content (AvgIpc) is 2.25. The summed E-state index contributed by atoms with van der Waals surface area (Å²) in [5.41, 5.74) is -3.53. The normalized spacial score (nSPS) is 13.4. The van der Waals surface area contributed by atoms with Gasteiger partial charge in [-0.2, -0.15) is 13.2 Å². The van der Waals surface area contributed by atoms with Crippen molar-refractivity contribution in [3.63, 3.8) is 0 Å². The standard InChI is InChI=1S/C12H12BrF3OS/c1-3-8-9(11(17)7(2)13)5-4-6-10(8)18-12(14,15)16/h4-7H,3H2,1-2H3. The highest BCUT2D eigenvalue weighted by atomic mass is 79.9. The number of halogens is 4. The van der Waals surface area contributed by atoms with Gasteiger partial charge in [0, 0.05) is 10.5 Å². The van der Waals surface area contributed by atoms with Gasteiger partial charge in [0.25, 0.3) is 0 Å². The van der Waals surface area contributed by atoms with E-state index in [1.807, 2.05) is 0 Å². The highest BCUT2D eigenvalue weighted by Gasteiger charge is 2.31. The van der Waals surface area contributed by atoms with Gasteiger partial charge in [-0.3, -0.25) is 4.79 Å². The molecule has 0 saturated carbocycles. The summed E-state index contributed by atoms with van der Waals surface area (Å²) in [6, 6.07) is 4.45. The first-order chi connectivity index (χ1) is 8.26. The van der Waals surface area contributed by atoms with Crippen LogP contribution in [-0.4, -0.2) is 16.1 Å². The summed E-state index contributed by atoms with van der Waals surface area (Å²) in [7, 11) is 0. The number of carbonyl (C=O) groups is 1. The van der Waals surface area contributed by atoms with Crippen LogP contribution < -0.4 is 0 Å². The van der Waals surface area contributed by atoms with E-state index in [1.165, 1.54) is 12.1 Å². The van der Waals surface area contributed by atoms with Crippen molar-refractivity contribution in [1.82, 2.24) is 0 Å². The van der Waals surface area contributed by atoms with Crippen molar-refractivity contribution in [2.24, 2.45) is 0 Å². The van der Waals surface area contributed by atoms with Gasteiger partial charge >= 0.3 is 5.51 Å². The van der Waals surface area contributed by atoms with Gasteiger partial charge in [-0.25, -0.2) is 0 Å². The average molecular weight is 341 g/mol. The fourth-order valence-electron chi connectivity index (χ4n) is 1.60. The van der Waals surface area contributed by atoms with E-state index in [-0.39, 0.29) is 22.4 Å². The Hall–Kier alpha value is -0.490. The molecule has 0 aliphatic rings. The van der Waals surface area contributed by atoms with Crippen molar-refractivity contribution in [1.29, 1.82) is 0 Å². The molecular weight excluding hydrogens is 329 g/mol. The van der Waals surface area contributed by atoms with Gasteiger partial charge in [0.15, 0.2) is 5.78 Å². The van der Waals surface area contributed by atoms with Crippen molar-refractivity contribution >= 4 is 33.5 Å².